The van der Waals surface area contributed by atoms with Crippen molar-refractivity contribution in [3.8, 4) is 5.75 Å². The smallest absolute Gasteiger partial charge is 0.242 e. The lowest BCUT2D eigenvalue weighted by atomic mass is 10.1. The Morgan fingerprint density at radius 1 is 0.885 bits per heavy atom. The molecule has 0 saturated carbocycles. The molecule has 142 valence electrons. The van der Waals surface area contributed by atoms with Crippen molar-refractivity contribution in [2.75, 3.05) is 34.3 Å². The third-order valence-corrected chi connectivity index (χ3v) is 6.06. The van der Waals surface area contributed by atoms with Gasteiger partial charge in [-0.1, -0.05) is 31.2 Å². The number of nitrogens with zero attached hydrogens (tertiary/aromatic N) is 2. The maximum atomic E-state index is 12.0. The predicted molar refractivity (Wildman–Crippen MR) is 105 cm³/mol. The summed E-state index contributed by atoms with van der Waals surface area (Å²) in [6.07, 6.45) is 1.05. The molecule has 0 bridgehead atoms. The molecular formula is C20H28N2O3S. The summed E-state index contributed by atoms with van der Waals surface area (Å²) >= 11 is 0. The first-order valence-corrected chi connectivity index (χ1v) is 10.2. The number of hydrogen-bond acceptors (Lipinski definition) is 4. The Morgan fingerprint density at radius 2 is 1.46 bits per heavy atom. The second-order valence-electron chi connectivity index (χ2n) is 6.52. The maximum Gasteiger partial charge on any atom is 0.242 e. The van der Waals surface area contributed by atoms with Crippen LogP contribution in [-0.2, 0) is 23.0 Å². The first-order valence-electron chi connectivity index (χ1n) is 8.74. The number of hydrogen-bond donors (Lipinski definition) is 0. The van der Waals surface area contributed by atoms with Gasteiger partial charge in [-0.2, -0.15) is 0 Å². The summed E-state index contributed by atoms with van der Waals surface area (Å²) < 4.78 is 31.0. The number of rotatable bonds is 9. The lowest BCUT2D eigenvalue weighted by Gasteiger charge is -2.17. The van der Waals surface area contributed by atoms with E-state index in [2.05, 4.69) is 43.1 Å². The van der Waals surface area contributed by atoms with Crippen LogP contribution < -0.4 is 4.74 Å². The fourth-order valence-corrected chi connectivity index (χ4v) is 3.41. The van der Waals surface area contributed by atoms with Crippen molar-refractivity contribution in [2.24, 2.45) is 0 Å². The Labute approximate surface area is 157 Å². The second-order valence-corrected chi connectivity index (χ2v) is 8.67. The van der Waals surface area contributed by atoms with Crippen LogP contribution in [0.5, 0.6) is 5.75 Å². The molecule has 2 aromatic carbocycles. The molecule has 26 heavy (non-hydrogen) atoms. The molecule has 0 amide bonds. The molecule has 0 fully saturated rings. The van der Waals surface area contributed by atoms with Crippen LogP contribution in [0, 0.1) is 0 Å². The third kappa shape index (κ3) is 5.56. The zero-order valence-corrected chi connectivity index (χ0v) is 16.8. The van der Waals surface area contributed by atoms with Gasteiger partial charge in [0.1, 0.15) is 12.4 Å². The highest BCUT2D eigenvalue weighted by Gasteiger charge is 2.16. The van der Waals surface area contributed by atoms with E-state index in [1.54, 1.807) is 24.3 Å². The molecule has 0 aliphatic heterocycles. The lowest BCUT2D eigenvalue weighted by molar-refractivity contribution is 0.233. The molecule has 0 radical (unpaired) electrons. The Balaban J connectivity index is 1.81. The molecule has 0 N–H and O–H groups in total. The van der Waals surface area contributed by atoms with E-state index in [1.807, 2.05) is 0 Å². The molecule has 2 rings (SSSR count). The minimum Gasteiger partial charge on any atom is -0.492 e. The summed E-state index contributed by atoms with van der Waals surface area (Å²) in [4.78, 5) is 2.47. The van der Waals surface area contributed by atoms with Crippen LogP contribution in [-0.4, -0.2) is 51.9 Å². The number of aryl methyl sites for hydroxylation is 1. The molecule has 0 aromatic heterocycles. The van der Waals surface area contributed by atoms with Gasteiger partial charge in [0, 0.05) is 27.2 Å². The van der Waals surface area contributed by atoms with Gasteiger partial charge in [0.2, 0.25) is 10.0 Å². The number of sulfonamides is 1. The normalized spacial score (nSPS) is 11.9. The van der Waals surface area contributed by atoms with Crippen LogP contribution in [0.2, 0.25) is 0 Å². The molecular weight excluding hydrogens is 348 g/mol. The minimum absolute atomic E-state index is 0.266. The summed E-state index contributed by atoms with van der Waals surface area (Å²) in [6.45, 7) is 4.35. The molecule has 0 saturated heterocycles. The topological polar surface area (TPSA) is 49.9 Å². The lowest BCUT2D eigenvalue weighted by Crippen LogP contribution is -2.24. The molecule has 0 spiro atoms. The highest BCUT2D eigenvalue weighted by molar-refractivity contribution is 7.89. The van der Waals surface area contributed by atoms with Crippen molar-refractivity contribution >= 4 is 10.0 Å². The van der Waals surface area contributed by atoms with Crippen LogP contribution in [0.4, 0.5) is 0 Å². The quantitative estimate of drug-likeness (QED) is 0.675. The second kappa shape index (κ2) is 9.16. The first-order chi connectivity index (χ1) is 12.3. The highest BCUT2D eigenvalue weighted by Crippen LogP contribution is 2.18. The summed E-state index contributed by atoms with van der Waals surface area (Å²) in [5, 5.41) is 0. The van der Waals surface area contributed by atoms with Crippen LogP contribution in [0.25, 0.3) is 0 Å². The molecule has 2 aromatic rings. The Kier molecular flexibility index (Phi) is 7.20. The Hall–Kier alpha value is -1.89. The summed E-state index contributed by atoms with van der Waals surface area (Å²) in [7, 11) is 1.70. The molecule has 6 heteroatoms. The van der Waals surface area contributed by atoms with Gasteiger partial charge in [-0.25, -0.2) is 12.7 Å². The van der Waals surface area contributed by atoms with E-state index in [1.165, 1.54) is 29.5 Å². The number of likely N-dealkylation sites (N-methyl/N-ethyl adjacent to an activating group) is 1. The molecule has 0 aliphatic carbocycles. The Bertz CT molecular complexity index is 785. The van der Waals surface area contributed by atoms with E-state index in [0.717, 1.165) is 19.5 Å². The fourth-order valence-electron chi connectivity index (χ4n) is 2.51. The van der Waals surface area contributed by atoms with Crippen LogP contribution in [0.1, 0.15) is 18.1 Å². The monoisotopic (exact) mass is 376 g/mol. The largest absolute Gasteiger partial charge is 0.492 e. The molecule has 0 atom stereocenters. The summed E-state index contributed by atoms with van der Waals surface area (Å²) in [5.74, 6) is 0.670. The van der Waals surface area contributed by atoms with E-state index in [0.29, 0.717) is 12.4 Å². The highest BCUT2D eigenvalue weighted by atomic mass is 32.2. The fraction of sp³-hybridized carbons (Fsp3) is 0.400. The van der Waals surface area contributed by atoms with E-state index in [4.69, 9.17) is 4.74 Å². The average Bonchev–Trinajstić information content (AvgIpc) is 2.62. The Morgan fingerprint density at radius 3 is 2.00 bits per heavy atom. The van der Waals surface area contributed by atoms with Crippen molar-refractivity contribution < 1.29 is 13.2 Å². The third-order valence-electron chi connectivity index (χ3n) is 4.23. The van der Waals surface area contributed by atoms with Crippen molar-refractivity contribution in [1.29, 1.82) is 0 Å². The molecule has 5 nitrogen and oxygen atoms in total. The van der Waals surface area contributed by atoms with E-state index < -0.39 is 10.0 Å². The average molecular weight is 377 g/mol. The van der Waals surface area contributed by atoms with Crippen molar-refractivity contribution in [1.82, 2.24) is 9.21 Å². The standard InChI is InChI=1S/C20H28N2O3S/c1-5-17-6-8-18(9-7-17)16-22(4)14-15-25-19-10-12-20(13-11-19)26(23,24)21(2)3/h6-13H,5,14-16H2,1-4H3. The van der Waals surface area contributed by atoms with Crippen molar-refractivity contribution in [3.05, 3.63) is 59.7 Å². The van der Waals surface area contributed by atoms with Gasteiger partial charge < -0.3 is 4.74 Å². The summed E-state index contributed by atoms with van der Waals surface area (Å²) in [5.41, 5.74) is 2.63. The van der Waals surface area contributed by atoms with Gasteiger partial charge >= 0.3 is 0 Å². The van der Waals surface area contributed by atoms with Crippen LogP contribution >= 0.6 is 0 Å². The van der Waals surface area contributed by atoms with Gasteiger partial charge in [0.25, 0.3) is 0 Å². The molecule has 0 unspecified atom stereocenters. The van der Waals surface area contributed by atoms with E-state index >= 15 is 0 Å². The van der Waals surface area contributed by atoms with Gasteiger partial charge in [0.05, 0.1) is 4.90 Å². The van der Waals surface area contributed by atoms with Gasteiger partial charge in [-0.3, -0.25) is 4.90 Å². The van der Waals surface area contributed by atoms with Crippen molar-refractivity contribution in [3.63, 3.8) is 0 Å². The van der Waals surface area contributed by atoms with Gasteiger partial charge in [-0.05, 0) is 48.9 Å². The number of ether oxygens (including phenoxy) is 1. The van der Waals surface area contributed by atoms with Gasteiger partial charge in [-0.15, -0.1) is 0 Å². The minimum atomic E-state index is -3.40. The zero-order chi connectivity index (χ0) is 19.2. The van der Waals surface area contributed by atoms with Crippen LogP contribution in [0.15, 0.2) is 53.4 Å². The maximum absolute atomic E-state index is 12.0. The number of benzene rings is 2. The van der Waals surface area contributed by atoms with Gasteiger partial charge in [0.15, 0.2) is 0 Å². The molecule has 0 aliphatic rings. The zero-order valence-electron chi connectivity index (χ0n) is 16.0. The van der Waals surface area contributed by atoms with Crippen LogP contribution in [0.3, 0.4) is 0 Å². The SMILES string of the molecule is CCc1ccc(CN(C)CCOc2ccc(S(=O)(=O)N(C)C)cc2)cc1. The summed E-state index contributed by atoms with van der Waals surface area (Å²) in [6, 6.07) is 15.2. The predicted octanol–water partition coefficient (Wildman–Crippen LogP) is 3.01. The van der Waals surface area contributed by atoms with Crippen molar-refractivity contribution in [2.45, 2.75) is 24.8 Å². The molecule has 0 heterocycles. The first kappa shape index (κ1) is 20.4. The van der Waals surface area contributed by atoms with E-state index in [9.17, 15) is 8.42 Å². The van der Waals surface area contributed by atoms with E-state index in [-0.39, 0.29) is 4.90 Å².